The molecule has 23 heavy (non-hydrogen) atoms. The Hall–Kier alpha value is -2.20. The Kier molecular flexibility index (Phi) is 4.44. The first-order valence-corrected chi connectivity index (χ1v) is 8.02. The van der Waals surface area contributed by atoms with Crippen molar-refractivity contribution in [2.75, 3.05) is 31.1 Å². The molecule has 1 N–H and O–H groups in total. The zero-order valence-corrected chi connectivity index (χ0v) is 13.8. The number of nitrogens with zero attached hydrogens (tertiary/aromatic N) is 2. The molecule has 120 valence electrons. The first-order valence-electron chi connectivity index (χ1n) is 7.64. The highest BCUT2D eigenvalue weighted by Crippen LogP contribution is 2.24. The molecule has 0 unspecified atom stereocenters. The third-order valence-corrected chi connectivity index (χ3v) is 4.53. The van der Waals surface area contributed by atoms with E-state index in [0.29, 0.717) is 23.7 Å². The van der Waals surface area contributed by atoms with E-state index in [1.165, 1.54) is 0 Å². The topological polar surface area (TPSA) is 43.8 Å². The van der Waals surface area contributed by atoms with Gasteiger partial charge in [0, 0.05) is 31.9 Å². The molecule has 0 bridgehead atoms. The molecule has 2 aromatic rings. The van der Waals surface area contributed by atoms with Gasteiger partial charge in [-0.15, -0.1) is 0 Å². The van der Waals surface area contributed by atoms with Crippen molar-refractivity contribution in [1.29, 1.82) is 0 Å². The Morgan fingerprint density at radius 1 is 1.04 bits per heavy atom. The Morgan fingerprint density at radius 2 is 1.70 bits per heavy atom. The van der Waals surface area contributed by atoms with Crippen molar-refractivity contribution < 1.29 is 9.90 Å². The van der Waals surface area contributed by atoms with Gasteiger partial charge in [-0.05, 0) is 42.8 Å². The molecule has 0 spiro atoms. The third-order valence-electron chi connectivity index (χ3n) is 4.22. The molecule has 0 saturated carbocycles. The fourth-order valence-electron chi connectivity index (χ4n) is 2.89. The van der Waals surface area contributed by atoms with Crippen molar-refractivity contribution in [3.05, 3.63) is 58.6 Å². The molecule has 5 heteroatoms. The first kappa shape index (κ1) is 15.7. The fourth-order valence-corrected chi connectivity index (χ4v) is 3.19. The monoisotopic (exact) mass is 330 g/mol. The zero-order valence-electron chi connectivity index (χ0n) is 13.0. The van der Waals surface area contributed by atoms with E-state index in [0.717, 1.165) is 24.3 Å². The van der Waals surface area contributed by atoms with E-state index in [9.17, 15) is 9.90 Å². The Morgan fingerprint density at radius 3 is 2.30 bits per heavy atom. The van der Waals surface area contributed by atoms with Crippen LogP contribution in [0.1, 0.15) is 15.9 Å². The number of carbonyl (C=O) groups excluding carboxylic acids is 1. The first-order chi connectivity index (χ1) is 11.1. The lowest BCUT2D eigenvalue weighted by molar-refractivity contribution is 0.0746. The number of anilines is 1. The number of phenols is 1. The van der Waals surface area contributed by atoms with Crippen molar-refractivity contribution >= 4 is 23.2 Å². The molecular weight excluding hydrogens is 312 g/mol. The standard InChI is InChI=1S/C18H19ClN2O2/c1-13-3-2-4-16(19)17(13)18(23)21-11-9-20(10-12-21)14-5-7-15(22)8-6-14/h2-8,22H,9-12H2,1H3. The summed E-state index contributed by atoms with van der Waals surface area (Å²) in [5.74, 6) is 0.259. The Bertz CT molecular complexity index is 687. The van der Waals surface area contributed by atoms with E-state index in [4.69, 9.17) is 11.6 Å². The molecule has 0 radical (unpaired) electrons. The summed E-state index contributed by atoms with van der Waals surface area (Å²) < 4.78 is 0. The van der Waals surface area contributed by atoms with Crippen LogP contribution in [0.25, 0.3) is 0 Å². The number of amides is 1. The van der Waals surface area contributed by atoms with Crippen LogP contribution in [-0.4, -0.2) is 42.1 Å². The van der Waals surface area contributed by atoms with Gasteiger partial charge in [0.05, 0.1) is 10.6 Å². The number of piperazine rings is 1. The highest BCUT2D eigenvalue weighted by Gasteiger charge is 2.24. The number of aryl methyl sites for hydroxylation is 1. The minimum Gasteiger partial charge on any atom is -0.508 e. The highest BCUT2D eigenvalue weighted by molar-refractivity contribution is 6.34. The highest BCUT2D eigenvalue weighted by atomic mass is 35.5. The van der Waals surface area contributed by atoms with Gasteiger partial charge in [-0.25, -0.2) is 0 Å². The van der Waals surface area contributed by atoms with Gasteiger partial charge in [-0.3, -0.25) is 4.79 Å². The van der Waals surface area contributed by atoms with Crippen LogP contribution in [0.4, 0.5) is 5.69 Å². The second-order valence-corrected chi connectivity index (χ2v) is 6.13. The molecule has 0 aliphatic carbocycles. The van der Waals surface area contributed by atoms with Crippen molar-refractivity contribution in [2.24, 2.45) is 0 Å². The SMILES string of the molecule is Cc1cccc(Cl)c1C(=O)N1CCN(c2ccc(O)cc2)CC1. The van der Waals surface area contributed by atoms with Crippen molar-refractivity contribution in [3.8, 4) is 5.75 Å². The van der Waals surface area contributed by atoms with Crippen LogP contribution in [0.2, 0.25) is 5.02 Å². The van der Waals surface area contributed by atoms with Gasteiger partial charge >= 0.3 is 0 Å². The summed E-state index contributed by atoms with van der Waals surface area (Å²) in [4.78, 5) is 16.8. The van der Waals surface area contributed by atoms with Crippen molar-refractivity contribution in [2.45, 2.75) is 6.92 Å². The van der Waals surface area contributed by atoms with Gasteiger partial charge in [0.25, 0.3) is 5.91 Å². The molecule has 0 atom stereocenters. The number of rotatable bonds is 2. The molecule has 2 aromatic carbocycles. The van der Waals surface area contributed by atoms with Gasteiger partial charge in [-0.2, -0.15) is 0 Å². The second-order valence-electron chi connectivity index (χ2n) is 5.73. The van der Waals surface area contributed by atoms with E-state index < -0.39 is 0 Å². The van der Waals surface area contributed by atoms with Crippen LogP contribution in [0.5, 0.6) is 5.75 Å². The lowest BCUT2D eigenvalue weighted by Gasteiger charge is -2.36. The average molecular weight is 331 g/mol. The number of hydrogen-bond donors (Lipinski definition) is 1. The fraction of sp³-hybridized carbons (Fsp3) is 0.278. The van der Waals surface area contributed by atoms with Gasteiger partial charge < -0.3 is 14.9 Å². The normalized spacial score (nSPS) is 14.9. The van der Waals surface area contributed by atoms with E-state index in [-0.39, 0.29) is 11.7 Å². The maximum atomic E-state index is 12.7. The maximum Gasteiger partial charge on any atom is 0.255 e. The van der Waals surface area contributed by atoms with Gasteiger partial charge in [-0.1, -0.05) is 23.7 Å². The number of phenolic OH excluding ortho intramolecular Hbond substituents is 1. The summed E-state index contributed by atoms with van der Waals surface area (Å²) in [5.41, 5.74) is 2.57. The molecule has 1 amide bonds. The Labute approximate surface area is 140 Å². The summed E-state index contributed by atoms with van der Waals surface area (Å²) in [6.45, 7) is 4.75. The molecule has 1 fully saturated rings. The number of halogens is 1. The van der Waals surface area contributed by atoms with E-state index in [1.54, 1.807) is 18.2 Å². The summed E-state index contributed by atoms with van der Waals surface area (Å²) >= 11 is 6.20. The van der Waals surface area contributed by atoms with E-state index in [1.807, 2.05) is 36.1 Å². The average Bonchev–Trinajstić information content (AvgIpc) is 2.55. The van der Waals surface area contributed by atoms with E-state index in [2.05, 4.69) is 4.90 Å². The summed E-state index contributed by atoms with van der Waals surface area (Å²) in [7, 11) is 0. The van der Waals surface area contributed by atoms with E-state index >= 15 is 0 Å². The predicted molar refractivity (Wildman–Crippen MR) is 92.4 cm³/mol. The second kappa shape index (κ2) is 6.50. The van der Waals surface area contributed by atoms with Crippen molar-refractivity contribution in [1.82, 2.24) is 4.90 Å². The molecule has 1 saturated heterocycles. The molecule has 0 aromatic heterocycles. The number of carbonyl (C=O) groups is 1. The number of hydrogen-bond acceptors (Lipinski definition) is 3. The van der Waals surface area contributed by atoms with Crippen molar-refractivity contribution in [3.63, 3.8) is 0 Å². The lowest BCUT2D eigenvalue weighted by Crippen LogP contribution is -2.49. The van der Waals surface area contributed by atoms with Crippen LogP contribution in [0.3, 0.4) is 0 Å². The number of aromatic hydroxyl groups is 1. The molecule has 4 nitrogen and oxygen atoms in total. The van der Waals surface area contributed by atoms with Crippen LogP contribution < -0.4 is 4.90 Å². The van der Waals surface area contributed by atoms with Gasteiger partial charge in [0.1, 0.15) is 5.75 Å². The van der Waals surface area contributed by atoms with Crippen LogP contribution in [-0.2, 0) is 0 Å². The summed E-state index contributed by atoms with van der Waals surface area (Å²) in [6.07, 6.45) is 0. The summed E-state index contributed by atoms with van der Waals surface area (Å²) in [6, 6.07) is 12.7. The summed E-state index contributed by atoms with van der Waals surface area (Å²) in [5, 5.41) is 9.87. The minimum atomic E-state index is -0.00143. The maximum absolute atomic E-state index is 12.7. The number of benzene rings is 2. The zero-order chi connectivity index (χ0) is 16.4. The predicted octanol–water partition coefficient (Wildman–Crippen LogP) is 3.32. The molecule has 1 heterocycles. The van der Waals surface area contributed by atoms with Gasteiger partial charge in [0.2, 0.25) is 0 Å². The Balaban J connectivity index is 1.69. The smallest absolute Gasteiger partial charge is 0.255 e. The molecule has 3 rings (SSSR count). The third kappa shape index (κ3) is 3.27. The molecular formula is C18H19ClN2O2. The minimum absolute atomic E-state index is 0.00143. The lowest BCUT2D eigenvalue weighted by atomic mass is 10.1. The van der Waals surface area contributed by atoms with Crippen LogP contribution >= 0.6 is 11.6 Å². The molecule has 1 aliphatic heterocycles. The quantitative estimate of drug-likeness (QED) is 0.918. The van der Waals surface area contributed by atoms with Crippen LogP contribution in [0, 0.1) is 6.92 Å². The largest absolute Gasteiger partial charge is 0.508 e. The van der Waals surface area contributed by atoms with Gasteiger partial charge in [0.15, 0.2) is 0 Å². The van der Waals surface area contributed by atoms with Crippen LogP contribution in [0.15, 0.2) is 42.5 Å². The molecule has 1 aliphatic rings.